The van der Waals surface area contributed by atoms with E-state index < -0.39 is 0 Å². The molecule has 0 fully saturated rings. The van der Waals surface area contributed by atoms with Crippen LogP contribution in [0, 0.1) is 18.3 Å². The fourth-order valence-corrected chi connectivity index (χ4v) is 3.96. The van der Waals surface area contributed by atoms with Crippen molar-refractivity contribution in [1.82, 2.24) is 10.5 Å². The Labute approximate surface area is 222 Å². The smallest absolute Gasteiger partial charge is 0.290 e. The molecular weight excluding hydrogens is 476 g/mol. The Morgan fingerprint density at radius 2 is 1.74 bits per heavy atom. The summed E-state index contributed by atoms with van der Waals surface area (Å²) in [6.07, 6.45) is 0.434. The number of hydrogen-bond acceptors (Lipinski definition) is 5. The number of benzene rings is 3. The van der Waals surface area contributed by atoms with Gasteiger partial charge in [0.05, 0.1) is 17.3 Å². The third kappa shape index (κ3) is 6.54. The highest BCUT2D eigenvalue weighted by Gasteiger charge is 2.18. The maximum absolute atomic E-state index is 13.1. The Morgan fingerprint density at radius 1 is 0.974 bits per heavy atom. The number of carbonyl (C=O) groups excluding carboxylic acids is 2. The molecule has 1 heterocycles. The normalized spacial score (nSPS) is 11.0. The number of anilines is 1. The maximum Gasteiger partial charge on any atom is 0.290 e. The minimum atomic E-state index is -0.334. The van der Waals surface area contributed by atoms with E-state index in [1.54, 1.807) is 12.1 Å². The number of carbonyl (C=O) groups is 2. The van der Waals surface area contributed by atoms with Gasteiger partial charge in [-0.3, -0.25) is 9.59 Å². The summed E-state index contributed by atoms with van der Waals surface area (Å²) in [6, 6.07) is 24.3. The molecule has 1 aromatic heterocycles. The lowest BCUT2D eigenvalue weighted by molar-refractivity contribution is 0.0913. The minimum absolute atomic E-state index is 0.144. The predicted octanol–water partition coefficient (Wildman–Crippen LogP) is 5.93. The molecule has 0 saturated carbocycles. The van der Waals surface area contributed by atoms with Crippen LogP contribution < -0.4 is 10.6 Å². The molecule has 2 N–H and O–H groups in total. The Morgan fingerprint density at radius 3 is 2.45 bits per heavy atom. The number of hydrogen-bond donors (Lipinski definition) is 2. The first-order chi connectivity index (χ1) is 18.1. The number of nitrogens with one attached hydrogen (secondary N) is 2. The van der Waals surface area contributed by atoms with E-state index in [1.165, 1.54) is 0 Å². The van der Waals surface area contributed by atoms with E-state index in [9.17, 15) is 14.9 Å². The Hall–Kier alpha value is -4.70. The van der Waals surface area contributed by atoms with Gasteiger partial charge in [-0.1, -0.05) is 62.3 Å². The average molecular weight is 507 g/mol. The van der Waals surface area contributed by atoms with Crippen LogP contribution in [0.4, 0.5) is 5.69 Å². The van der Waals surface area contributed by atoms with Crippen molar-refractivity contribution in [2.24, 2.45) is 0 Å². The van der Waals surface area contributed by atoms with Crippen LogP contribution in [-0.4, -0.2) is 17.0 Å². The molecule has 0 bridgehead atoms. The monoisotopic (exact) mass is 506 g/mol. The fourth-order valence-electron chi connectivity index (χ4n) is 3.96. The van der Waals surface area contributed by atoms with Crippen molar-refractivity contribution in [3.8, 4) is 6.07 Å². The van der Waals surface area contributed by atoms with Gasteiger partial charge in [0.25, 0.3) is 11.8 Å². The summed E-state index contributed by atoms with van der Waals surface area (Å²) in [4.78, 5) is 25.5. The molecule has 0 aliphatic rings. The van der Waals surface area contributed by atoms with E-state index in [0.717, 1.165) is 22.3 Å². The molecule has 0 radical (unpaired) electrons. The van der Waals surface area contributed by atoms with Crippen LogP contribution in [0.3, 0.4) is 0 Å². The van der Waals surface area contributed by atoms with Crippen LogP contribution in [0.5, 0.6) is 0 Å². The van der Waals surface area contributed by atoms with Gasteiger partial charge in [-0.05, 0) is 64.9 Å². The highest BCUT2D eigenvalue weighted by atomic mass is 16.5. The number of aryl methyl sites for hydroxylation is 1. The molecule has 192 valence electrons. The Balaban J connectivity index is 1.45. The molecule has 0 aliphatic heterocycles. The second-order valence-electron chi connectivity index (χ2n) is 10.3. The van der Waals surface area contributed by atoms with Crippen LogP contribution in [-0.2, 0) is 18.4 Å². The first-order valence-corrected chi connectivity index (χ1v) is 12.4. The quantitative estimate of drug-likeness (QED) is 0.323. The van der Waals surface area contributed by atoms with Crippen molar-refractivity contribution in [2.45, 2.75) is 46.1 Å². The minimum Gasteiger partial charge on any atom is -0.351 e. The lowest BCUT2D eigenvalue weighted by Gasteiger charge is -2.20. The molecule has 2 amide bonds. The van der Waals surface area contributed by atoms with Gasteiger partial charge in [0.15, 0.2) is 0 Å². The van der Waals surface area contributed by atoms with E-state index in [2.05, 4.69) is 21.9 Å². The summed E-state index contributed by atoms with van der Waals surface area (Å²) >= 11 is 0. The molecule has 7 nitrogen and oxygen atoms in total. The first-order valence-electron chi connectivity index (χ1n) is 12.4. The third-order valence-corrected chi connectivity index (χ3v) is 6.25. The first kappa shape index (κ1) is 26.4. The van der Waals surface area contributed by atoms with Gasteiger partial charge < -0.3 is 15.2 Å². The molecule has 0 unspecified atom stereocenters. The van der Waals surface area contributed by atoms with Gasteiger partial charge in [0, 0.05) is 30.3 Å². The molecule has 0 saturated heterocycles. The number of rotatable bonds is 7. The molecular formula is C31H30N4O3. The van der Waals surface area contributed by atoms with E-state index >= 15 is 0 Å². The van der Waals surface area contributed by atoms with Crippen LogP contribution >= 0.6 is 0 Å². The molecule has 4 rings (SSSR count). The third-order valence-electron chi connectivity index (χ3n) is 6.25. The molecule has 3 aromatic carbocycles. The predicted molar refractivity (Wildman–Crippen MR) is 146 cm³/mol. The summed E-state index contributed by atoms with van der Waals surface area (Å²) in [5.41, 5.74) is 5.77. The summed E-state index contributed by atoms with van der Waals surface area (Å²) in [5, 5.41) is 19.3. The molecule has 7 heteroatoms. The van der Waals surface area contributed by atoms with Crippen molar-refractivity contribution < 1.29 is 14.1 Å². The van der Waals surface area contributed by atoms with Crippen LogP contribution in [0.2, 0.25) is 0 Å². The van der Waals surface area contributed by atoms with Gasteiger partial charge in [0.1, 0.15) is 0 Å². The highest BCUT2D eigenvalue weighted by molar-refractivity contribution is 6.04. The molecule has 38 heavy (non-hydrogen) atoms. The Kier molecular flexibility index (Phi) is 7.73. The summed E-state index contributed by atoms with van der Waals surface area (Å²) in [7, 11) is 0. The van der Waals surface area contributed by atoms with Crippen molar-refractivity contribution in [3.63, 3.8) is 0 Å². The van der Waals surface area contributed by atoms with Crippen LogP contribution in [0.15, 0.2) is 77.3 Å². The van der Waals surface area contributed by atoms with Crippen molar-refractivity contribution >= 4 is 17.5 Å². The summed E-state index contributed by atoms with van der Waals surface area (Å²) in [6.45, 7) is 8.49. The second kappa shape index (κ2) is 11.1. The van der Waals surface area contributed by atoms with Crippen LogP contribution in [0.25, 0.3) is 0 Å². The van der Waals surface area contributed by atoms with Crippen LogP contribution in [0.1, 0.15) is 75.2 Å². The van der Waals surface area contributed by atoms with Crippen molar-refractivity contribution in [1.29, 1.82) is 5.26 Å². The van der Waals surface area contributed by atoms with Gasteiger partial charge >= 0.3 is 0 Å². The van der Waals surface area contributed by atoms with E-state index in [0.29, 0.717) is 35.5 Å². The number of nitriles is 1. The summed E-state index contributed by atoms with van der Waals surface area (Å²) in [5.74, 6) is -0.481. The largest absolute Gasteiger partial charge is 0.351 e. The fraction of sp³-hybridized carbons (Fsp3) is 0.226. The zero-order chi connectivity index (χ0) is 27.3. The van der Waals surface area contributed by atoms with E-state index in [1.807, 2.05) is 88.4 Å². The van der Waals surface area contributed by atoms with E-state index in [-0.39, 0.29) is 23.0 Å². The number of aromatic nitrogens is 1. The van der Waals surface area contributed by atoms with Crippen molar-refractivity contribution in [3.05, 3.63) is 118 Å². The maximum atomic E-state index is 13.1. The standard InChI is InChI=1S/C31H30N4O3/c1-20-10-11-26(34-29(36)24-12-22(18-32)13-25(14-24)31(2,3)4)15-23(20)16-27-17-28(38-35-27)30(37)33-19-21-8-6-5-7-9-21/h5-15,17H,16,19H2,1-4H3,(H,33,37)(H,34,36). The second-order valence-corrected chi connectivity index (χ2v) is 10.3. The zero-order valence-corrected chi connectivity index (χ0v) is 22.0. The molecule has 4 aromatic rings. The van der Waals surface area contributed by atoms with Gasteiger partial charge in [-0.15, -0.1) is 0 Å². The topological polar surface area (TPSA) is 108 Å². The lowest BCUT2D eigenvalue weighted by atomic mass is 9.85. The molecule has 0 atom stereocenters. The Bertz CT molecular complexity index is 1510. The molecule has 0 spiro atoms. The van der Waals surface area contributed by atoms with Crippen molar-refractivity contribution in [2.75, 3.05) is 5.32 Å². The summed E-state index contributed by atoms with van der Waals surface area (Å²) < 4.78 is 5.28. The van der Waals surface area contributed by atoms with E-state index in [4.69, 9.17) is 4.52 Å². The highest BCUT2D eigenvalue weighted by Crippen LogP contribution is 2.25. The SMILES string of the molecule is Cc1ccc(NC(=O)c2cc(C#N)cc(C(C)(C)C)c2)cc1Cc1cc(C(=O)NCc2ccccc2)on1. The zero-order valence-electron chi connectivity index (χ0n) is 22.0. The lowest BCUT2D eigenvalue weighted by Crippen LogP contribution is -2.22. The number of nitrogens with zero attached hydrogens (tertiary/aromatic N) is 2. The van der Waals surface area contributed by atoms with Gasteiger partial charge in [-0.25, -0.2) is 0 Å². The average Bonchev–Trinajstić information content (AvgIpc) is 3.37. The number of amides is 2. The van der Waals surface area contributed by atoms with Gasteiger partial charge in [-0.2, -0.15) is 5.26 Å². The van der Waals surface area contributed by atoms with Gasteiger partial charge in [0.2, 0.25) is 5.76 Å². The molecule has 0 aliphatic carbocycles.